The monoisotopic (exact) mass is 338 g/mol. The van der Waals surface area contributed by atoms with Gasteiger partial charge < -0.3 is 20.1 Å². The molecule has 1 amide bonds. The maximum absolute atomic E-state index is 11.9. The van der Waals surface area contributed by atoms with E-state index in [9.17, 15) is 4.79 Å². The highest BCUT2D eigenvalue weighted by Crippen LogP contribution is 2.37. The van der Waals surface area contributed by atoms with Gasteiger partial charge in [-0.1, -0.05) is 6.07 Å². The Morgan fingerprint density at radius 3 is 3.00 bits per heavy atom. The summed E-state index contributed by atoms with van der Waals surface area (Å²) in [5, 5.41) is 12.7. The van der Waals surface area contributed by atoms with Crippen LogP contribution in [0.3, 0.4) is 0 Å². The van der Waals surface area contributed by atoms with Gasteiger partial charge in [0.05, 0.1) is 6.20 Å². The largest absolute Gasteiger partial charge is 0.454 e. The van der Waals surface area contributed by atoms with Crippen molar-refractivity contribution in [1.29, 1.82) is 0 Å². The van der Waals surface area contributed by atoms with Crippen LogP contribution in [0.1, 0.15) is 12.8 Å². The molecule has 2 heterocycles. The number of aromatic nitrogens is 2. The van der Waals surface area contributed by atoms with Crippen LogP contribution in [0.15, 0.2) is 24.4 Å². The number of fused-ring (bicyclic) bond motifs is 1. The van der Waals surface area contributed by atoms with Gasteiger partial charge in [-0.2, -0.15) is 5.10 Å². The standard InChI is InChI=1S/C15H18N4O3.ClH/c1-16-6-2-3-14(20)18-15-11(8-17-19-15)10-4-5-12-13(7-10)22-9-21-12;/h4-5,7-8,16H,2-3,6,9H2,1H3,(H2,17,18,19,20);1H. The Morgan fingerprint density at radius 1 is 1.35 bits per heavy atom. The Labute approximate surface area is 140 Å². The summed E-state index contributed by atoms with van der Waals surface area (Å²) in [4.78, 5) is 11.9. The molecule has 3 N–H and O–H groups in total. The van der Waals surface area contributed by atoms with Gasteiger partial charge in [-0.05, 0) is 37.7 Å². The molecule has 0 fully saturated rings. The lowest BCUT2D eigenvalue weighted by atomic mass is 10.1. The van der Waals surface area contributed by atoms with Crippen molar-refractivity contribution >= 4 is 24.1 Å². The molecule has 1 aliphatic heterocycles. The summed E-state index contributed by atoms with van der Waals surface area (Å²) in [6.45, 7) is 1.05. The minimum Gasteiger partial charge on any atom is -0.454 e. The third-order valence-corrected chi connectivity index (χ3v) is 3.42. The van der Waals surface area contributed by atoms with E-state index in [4.69, 9.17) is 9.47 Å². The maximum Gasteiger partial charge on any atom is 0.231 e. The Balaban J connectivity index is 0.00000192. The topological polar surface area (TPSA) is 88.3 Å². The van der Waals surface area contributed by atoms with E-state index in [0.29, 0.717) is 18.0 Å². The molecule has 124 valence electrons. The van der Waals surface area contributed by atoms with E-state index in [-0.39, 0.29) is 25.1 Å². The van der Waals surface area contributed by atoms with Crippen LogP contribution >= 0.6 is 12.4 Å². The Morgan fingerprint density at radius 2 is 2.17 bits per heavy atom. The summed E-state index contributed by atoms with van der Waals surface area (Å²) in [5.74, 6) is 1.98. The van der Waals surface area contributed by atoms with Gasteiger partial charge in [0, 0.05) is 12.0 Å². The van der Waals surface area contributed by atoms with Gasteiger partial charge in [-0.3, -0.25) is 9.89 Å². The number of aromatic amines is 1. The number of ether oxygens (including phenoxy) is 2. The van der Waals surface area contributed by atoms with E-state index < -0.39 is 0 Å². The number of hydrogen-bond acceptors (Lipinski definition) is 5. The van der Waals surface area contributed by atoms with Crippen LogP contribution in [0.5, 0.6) is 11.5 Å². The number of rotatable bonds is 6. The van der Waals surface area contributed by atoms with Gasteiger partial charge in [0.25, 0.3) is 0 Å². The molecule has 3 rings (SSSR count). The summed E-state index contributed by atoms with van der Waals surface area (Å²) < 4.78 is 10.7. The molecule has 0 saturated carbocycles. The highest BCUT2D eigenvalue weighted by Gasteiger charge is 2.16. The molecule has 1 aromatic heterocycles. The molecule has 0 unspecified atom stereocenters. The van der Waals surface area contributed by atoms with E-state index in [0.717, 1.165) is 29.8 Å². The molecule has 2 aromatic rings. The fraction of sp³-hybridized carbons (Fsp3) is 0.333. The van der Waals surface area contributed by atoms with Crippen molar-refractivity contribution in [2.75, 3.05) is 25.7 Å². The summed E-state index contributed by atoms with van der Waals surface area (Å²) in [6, 6.07) is 5.64. The van der Waals surface area contributed by atoms with Gasteiger partial charge >= 0.3 is 0 Å². The van der Waals surface area contributed by atoms with E-state index >= 15 is 0 Å². The van der Waals surface area contributed by atoms with Crippen molar-refractivity contribution in [3.8, 4) is 22.6 Å². The lowest BCUT2D eigenvalue weighted by molar-refractivity contribution is -0.116. The van der Waals surface area contributed by atoms with E-state index in [1.807, 2.05) is 25.2 Å². The zero-order valence-corrected chi connectivity index (χ0v) is 13.5. The number of hydrogen-bond donors (Lipinski definition) is 3. The van der Waals surface area contributed by atoms with Crippen molar-refractivity contribution in [2.24, 2.45) is 0 Å². The average molecular weight is 339 g/mol. The van der Waals surface area contributed by atoms with Crippen LogP contribution in [0.25, 0.3) is 11.1 Å². The van der Waals surface area contributed by atoms with Crippen molar-refractivity contribution < 1.29 is 14.3 Å². The zero-order chi connectivity index (χ0) is 15.4. The number of halogens is 1. The molecule has 1 aliphatic rings. The highest BCUT2D eigenvalue weighted by atomic mass is 35.5. The summed E-state index contributed by atoms with van der Waals surface area (Å²) in [5.41, 5.74) is 1.73. The Bertz CT molecular complexity index is 674. The normalized spacial score (nSPS) is 11.9. The van der Waals surface area contributed by atoms with Crippen LogP contribution in [0.4, 0.5) is 5.82 Å². The number of nitrogens with one attached hydrogen (secondary N) is 3. The lowest BCUT2D eigenvalue weighted by Crippen LogP contribution is -2.15. The predicted molar refractivity (Wildman–Crippen MR) is 89.2 cm³/mol. The van der Waals surface area contributed by atoms with Gasteiger partial charge in [0.1, 0.15) is 5.82 Å². The van der Waals surface area contributed by atoms with E-state index in [2.05, 4.69) is 20.8 Å². The molecule has 23 heavy (non-hydrogen) atoms. The second kappa shape index (κ2) is 7.85. The molecule has 0 bridgehead atoms. The van der Waals surface area contributed by atoms with Crippen molar-refractivity contribution in [1.82, 2.24) is 15.5 Å². The van der Waals surface area contributed by atoms with Crippen molar-refractivity contribution in [2.45, 2.75) is 12.8 Å². The Hall–Kier alpha value is -2.25. The first-order chi connectivity index (χ1) is 10.8. The molecule has 0 atom stereocenters. The first-order valence-corrected chi connectivity index (χ1v) is 7.16. The molecule has 8 heteroatoms. The minimum atomic E-state index is -0.0403. The Kier molecular flexibility index (Phi) is 5.84. The number of anilines is 1. The molecule has 1 aromatic carbocycles. The van der Waals surface area contributed by atoms with Crippen LogP contribution in [-0.4, -0.2) is 36.5 Å². The zero-order valence-electron chi connectivity index (χ0n) is 12.7. The second-order valence-corrected chi connectivity index (χ2v) is 4.98. The summed E-state index contributed by atoms with van der Waals surface area (Å²) in [7, 11) is 1.87. The third kappa shape index (κ3) is 3.94. The fourth-order valence-corrected chi connectivity index (χ4v) is 2.29. The maximum atomic E-state index is 11.9. The van der Waals surface area contributed by atoms with Gasteiger partial charge in [0.15, 0.2) is 11.5 Å². The highest BCUT2D eigenvalue weighted by molar-refractivity contribution is 5.94. The fourth-order valence-electron chi connectivity index (χ4n) is 2.29. The lowest BCUT2D eigenvalue weighted by Gasteiger charge is -2.07. The summed E-state index contributed by atoms with van der Waals surface area (Å²) in [6.07, 6.45) is 2.93. The number of nitrogens with zero attached hydrogens (tertiary/aromatic N) is 1. The number of amides is 1. The van der Waals surface area contributed by atoms with Crippen LogP contribution in [0.2, 0.25) is 0 Å². The van der Waals surface area contributed by atoms with Gasteiger partial charge in [0.2, 0.25) is 12.7 Å². The third-order valence-electron chi connectivity index (χ3n) is 3.42. The second-order valence-electron chi connectivity index (χ2n) is 4.98. The number of carbonyl (C=O) groups excluding carboxylic acids is 1. The minimum absolute atomic E-state index is 0. The molecule has 7 nitrogen and oxygen atoms in total. The van der Waals surface area contributed by atoms with Gasteiger partial charge in [-0.15, -0.1) is 12.4 Å². The van der Waals surface area contributed by atoms with E-state index in [1.165, 1.54) is 0 Å². The number of benzene rings is 1. The van der Waals surface area contributed by atoms with Crippen molar-refractivity contribution in [3.63, 3.8) is 0 Å². The van der Waals surface area contributed by atoms with Crippen LogP contribution < -0.4 is 20.1 Å². The first kappa shape index (κ1) is 17.1. The average Bonchev–Trinajstić information content (AvgIpc) is 3.15. The molecular formula is C15H19ClN4O3. The molecule has 0 radical (unpaired) electrons. The quantitative estimate of drug-likeness (QED) is 0.702. The summed E-state index contributed by atoms with van der Waals surface area (Å²) >= 11 is 0. The van der Waals surface area contributed by atoms with Crippen LogP contribution in [0, 0.1) is 0 Å². The van der Waals surface area contributed by atoms with Crippen LogP contribution in [-0.2, 0) is 4.79 Å². The SMILES string of the molecule is CNCCCC(=O)Nc1[nH]ncc1-c1ccc2c(c1)OCO2.Cl. The molecule has 0 saturated heterocycles. The first-order valence-electron chi connectivity index (χ1n) is 7.16. The number of carbonyl (C=O) groups is 1. The van der Waals surface area contributed by atoms with Gasteiger partial charge in [-0.25, -0.2) is 0 Å². The molecule has 0 spiro atoms. The predicted octanol–water partition coefficient (Wildman–Crippen LogP) is 2.17. The molecule has 0 aliphatic carbocycles. The smallest absolute Gasteiger partial charge is 0.231 e. The van der Waals surface area contributed by atoms with E-state index in [1.54, 1.807) is 6.20 Å². The molecular weight excluding hydrogens is 320 g/mol. The number of H-pyrrole nitrogens is 1. The van der Waals surface area contributed by atoms with Crippen molar-refractivity contribution in [3.05, 3.63) is 24.4 Å².